The molecule has 0 aliphatic heterocycles. The standard InChI is InChI=1S/C17H20BrN/c1-17(2,12-19-13-18)16-10-8-15(9-11-16)14-6-4-3-5-7-14/h3-11,19H,12-13H2,1-2H3. The van der Waals surface area contributed by atoms with Gasteiger partial charge in [-0.2, -0.15) is 0 Å². The summed E-state index contributed by atoms with van der Waals surface area (Å²) in [5.74, 6) is 0. The number of halogens is 1. The quantitative estimate of drug-likeness (QED) is 0.629. The lowest BCUT2D eigenvalue weighted by Gasteiger charge is -2.25. The van der Waals surface area contributed by atoms with Crippen LogP contribution in [0.15, 0.2) is 54.6 Å². The average Bonchev–Trinajstić information content (AvgIpc) is 2.46. The Balaban J connectivity index is 2.19. The van der Waals surface area contributed by atoms with Gasteiger partial charge >= 0.3 is 0 Å². The topological polar surface area (TPSA) is 12.0 Å². The van der Waals surface area contributed by atoms with Crippen LogP contribution in [-0.4, -0.2) is 12.0 Å². The molecule has 0 spiro atoms. The lowest BCUT2D eigenvalue weighted by Crippen LogP contribution is -2.32. The summed E-state index contributed by atoms with van der Waals surface area (Å²) >= 11 is 3.41. The first-order valence-electron chi connectivity index (χ1n) is 6.56. The number of rotatable bonds is 5. The molecule has 0 fully saturated rings. The Morgan fingerprint density at radius 3 is 2.05 bits per heavy atom. The van der Waals surface area contributed by atoms with Crippen molar-refractivity contribution in [2.24, 2.45) is 0 Å². The minimum atomic E-state index is 0.142. The van der Waals surface area contributed by atoms with Gasteiger partial charge in [0.15, 0.2) is 0 Å². The Kier molecular flexibility index (Phi) is 4.78. The zero-order valence-corrected chi connectivity index (χ0v) is 13.1. The Bertz CT molecular complexity index is 503. The molecule has 0 amide bonds. The van der Waals surface area contributed by atoms with Crippen LogP contribution in [0.3, 0.4) is 0 Å². The van der Waals surface area contributed by atoms with Gasteiger partial charge in [-0.1, -0.05) is 84.4 Å². The van der Waals surface area contributed by atoms with E-state index in [0.29, 0.717) is 0 Å². The number of hydrogen-bond acceptors (Lipinski definition) is 1. The van der Waals surface area contributed by atoms with Crippen LogP contribution in [-0.2, 0) is 5.41 Å². The first kappa shape index (κ1) is 14.3. The summed E-state index contributed by atoms with van der Waals surface area (Å²) in [6.45, 7) is 5.49. The molecule has 1 N–H and O–H groups in total. The summed E-state index contributed by atoms with van der Waals surface area (Å²) < 4.78 is 0. The van der Waals surface area contributed by atoms with Gasteiger partial charge in [-0.15, -0.1) is 0 Å². The van der Waals surface area contributed by atoms with Gasteiger partial charge in [0.05, 0.1) is 5.45 Å². The summed E-state index contributed by atoms with van der Waals surface area (Å²) in [7, 11) is 0. The summed E-state index contributed by atoms with van der Waals surface area (Å²) in [6.07, 6.45) is 0. The van der Waals surface area contributed by atoms with Crippen LogP contribution in [0.1, 0.15) is 19.4 Å². The van der Waals surface area contributed by atoms with E-state index in [1.807, 2.05) is 6.07 Å². The molecule has 0 radical (unpaired) electrons. The van der Waals surface area contributed by atoms with E-state index in [1.54, 1.807) is 0 Å². The lowest BCUT2D eigenvalue weighted by atomic mass is 9.84. The monoisotopic (exact) mass is 317 g/mol. The van der Waals surface area contributed by atoms with Crippen molar-refractivity contribution in [3.05, 3.63) is 60.2 Å². The van der Waals surface area contributed by atoms with Crippen molar-refractivity contribution in [3.63, 3.8) is 0 Å². The first-order chi connectivity index (χ1) is 9.13. The summed E-state index contributed by atoms with van der Waals surface area (Å²) in [4.78, 5) is 0. The van der Waals surface area contributed by atoms with Gasteiger partial charge in [0.1, 0.15) is 0 Å². The molecule has 0 bridgehead atoms. The van der Waals surface area contributed by atoms with Crippen molar-refractivity contribution in [2.75, 3.05) is 12.0 Å². The smallest absolute Gasteiger partial charge is 0.0517 e. The fourth-order valence-corrected chi connectivity index (χ4v) is 2.40. The van der Waals surface area contributed by atoms with E-state index in [4.69, 9.17) is 0 Å². The predicted octanol–water partition coefficient (Wildman–Crippen LogP) is 4.57. The van der Waals surface area contributed by atoms with Crippen molar-refractivity contribution in [2.45, 2.75) is 19.3 Å². The van der Waals surface area contributed by atoms with Gasteiger partial charge in [0.2, 0.25) is 0 Å². The van der Waals surface area contributed by atoms with Gasteiger partial charge in [-0.05, 0) is 16.7 Å². The molecule has 0 saturated heterocycles. The lowest BCUT2D eigenvalue weighted by molar-refractivity contribution is 0.491. The molecule has 0 saturated carbocycles. The summed E-state index contributed by atoms with van der Waals surface area (Å²) in [5.41, 5.74) is 4.88. The number of alkyl halides is 1. The van der Waals surface area contributed by atoms with Gasteiger partial charge in [0.25, 0.3) is 0 Å². The predicted molar refractivity (Wildman–Crippen MR) is 86.7 cm³/mol. The van der Waals surface area contributed by atoms with Crippen LogP contribution in [0.5, 0.6) is 0 Å². The Morgan fingerprint density at radius 1 is 0.895 bits per heavy atom. The van der Waals surface area contributed by atoms with E-state index in [0.717, 1.165) is 12.0 Å². The third-order valence-corrected chi connectivity index (χ3v) is 3.83. The summed E-state index contributed by atoms with van der Waals surface area (Å²) in [5, 5.41) is 3.35. The zero-order chi connectivity index (χ0) is 13.7. The number of hydrogen-bond donors (Lipinski definition) is 1. The molecule has 0 heterocycles. The molecule has 0 aromatic heterocycles. The molecule has 0 aliphatic rings. The van der Waals surface area contributed by atoms with E-state index in [2.05, 4.69) is 83.6 Å². The molecule has 2 heteroatoms. The van der Waals surface area contributed by atoms with Crippen molar-refractivity contribution in [1.82, 2.24) is 5.32 Å². The van der Waals surface area contributed by atoms with E-state index in [1.165, 1.54) is 16.7 Å². The molecule has 19 heavy (non-hydrogen) atoms. The maximum atomic E-state index is 3.41. The van der Waals surface area contributed by atoms with Crippen LogP contribution < -0.4 is 5.32 Å². The molecular formula is C17H20BrN. The fraction of sp³-hybridized carbons (Fsp3) is 0.294. The Hall–Kier alpha value is -1.12. The van der Waals surface area contributed by atoms with Gasteiger partial charge in [-0.3, -0.25) is 0 Å². The van der Waals surface area contributed by atoms with E-state index in [9.17, 15) is 0 Å². The summed E-state index contributed by atoms with van der Waals surface area (Å²) in [6, 6.07) is 19.4. The van der Waals surface area contributed by atoms with Crippen molar-refractivity contribution >= 4 is 15.9 Å². The van der Waals surface area contributed by atoms with Crippen LogP contribution in [0.4, 0.5) is 0 Å². The van der Waals surface area contributed by atoms with Crippen molar-refractivity contribution in [1.29, 1.82) is 0 Å². The molecule has 100 valence electrons. The normalized spacial score (nSPS) is 11.5. The fourth-order valence-electron chi connectivity index (χ4n) is 2.21. The second-order valence-corrected chi connectivity index (χ2v) is 5.95. The maximum Gasteiger partial charge on any atom is 0.0517 e. The SMILES string of the molecule is CC(C)(CNCBr)c1ccc(-c2ccccc2)cc1. The van der Waals surface area contributed by atoms with E-state index in [-0.39, 0.29) is 5.41 Å². The molecule has 2 aromatic rings. The molecule has 1 nitrogen and oxygen atoms in total. The molecule has 0 unspecified atom stereocenters. The molecule has 0 aliphatic carbocycles. The second-order valence-electron chi connectivity index (χ2n) is 5.39. The minimum Gasteiger partial charge on any atom is -0.306 e. The minimum absolute atomic E-state index is 0.142. The number of nitrogens with one attached hydrogen (secondary N) is 1. The molecule has 2 rings (SSSR count). The van der Waals surface area contributed by atoms with E-state index < -0.39 is 0 Å². The average molecular weight is 318 g/mol. The highest BCUT2D eigenvalue weighted by Crippen LogP contribution is 2.26. The second kappa shape index (κ2) is 6.36. The van der Waals surface area contributed by atoms with Crippen LogP contribution in [0, 0.1) is 0 Å². The van der Waals surface area contributed by atoms with E-state index >= 15 is 0 Å². The van der Waals surface area contributed by atoms with Gasteiger partial charge in [-0.25, -0.2) is 0 Å². The highest BCUT2D eigenvalue weighted by molar-refractivity contribution is 9.09. The molecule has 2 aromatic carbocycles. The Labute approximate surface area is 124 Å². The maximum absolute atomic E-state index is 3.41. The van der Waals surface area contributed by atoms with Crippen LogP contribution in [0.2, 0.25) is 0 Å². The number of benzene rings is 2. The highest BCUT2D eigenvalue weighted by Gasteiger charge is 2.19. The van der Waals surface area contributed by atoms with Crippen molar-refractivity contribution < 1.29 is 0 Å². The zero-order valence-electron chi connectivity index (χ0n) is 11.5. The van der Waals surface area contributed by atoms with Crippen molar-refractivity contribution in [3.8, 4) is 11.1 Å². The third kappa shape index (κ3) is 3.68. The largest absolute Gasteiger partial charge is 0.306 e. The molecule has 0 atom stereocenters. The third-order valence-electron chi connectivity index (χ3n) is 3.43. The van der Waals surface area contributed by atoms with Crippen LogP contribution >= 0.6 is 15.9 Å². The van der Waals surface area contributed by atoms with Gasteiger partial charge < -0.3 is 5.32 Å². The van der Waals surface area contributed by atoms with Gasteiger partial charge in [0, 0.05) is 12.0 Å². The highest BCUT2D eigenvalue weighted by atomic mass is 79.9. The molecular weight excluding hydrogens is 298 g/mol. The first-order valence-corrected chi connectivity index (χ1v) is 7.68. The van der Waals surface area contributed by atoms with Crippen LogP contribution in [0.25, 0.3) is 11.1 Å². The Morgan fingerprint density at radius 2 is 1.47 bits per heavy atom.